The topological polar surface area (TPSA) is 35.5 Å². The first-order valence-corrected chi connectivity index (χ1v) is 2.84. The molecule has 0 radical (unpaired) electrons. The van der Waals surface area contributed by atoms with Crippen molar-refractivity contribution in [3.63, 3.8) is 0 Å². The molecule has 0 aromatic carbocycles. The molecule has 0 aliphatic carbocycles. The molecule has 0 saturated heterocycles. The maximum absolute atomic E-state index is 10.5. The third kappa shape index (κ3) is 10.1. The molecule has 0 aromatic heterocycles. The van der Waals surface area contributed by atoms with Gasteiger partial charge in [0, 0.05) is 0 Å². The Labute approximate surface area is 60.6 Å². The summed E-state index contributed by atoms with van der Waals surface area (Å²) in [5.74, 6) is -0.455. The van der Waals surface area contributed by atoms with Gasteiger partial charge in [0.25, 0.3) is 0 Å². The number of carbonyl (C=O) groups excluding carboxylic acids is 1. The molecule has 0 amide bonds. The van der Waals surface area contributed by atoms with Crippen molar-refractivity contribution in [3.8, 4) is 0 Å². The van der Waals surface area contributed by atoms with E-state index in [9.17, 15) is 4.79 Å². The van der Waals surface area contributed by atoms with E-state index in [2.05, 4.69) is 23.3 Å². The van der Waals surface area contributed by atoms with E-state index in [0.29, 0.717) is 6.61 Å². The molecular formula is C7H10O3Rf2-2. The zero-order valence-electron chi connectivity index (χ0n) is 7.12. The van der Waals surface area contributed by atoms with Crippen molar-refractivity contribution in [1.82, 2.24) is 0 Å². The maximum Gasteiger partial charge on any atom is 0.331 e. The molecule has 0 spiro atoms. The van der Waals surface area contributed by atoms with Crippen LogP contribution in [-0.4, -0.2) is 19.2 Å². The smallest absolute Gasteiger partial charge is 0.331 e. The molecule has 0 aliphatic heterocycles. The Morgan fingerprint density at radius 1 is 1.25 bits per heavy atom. The molecule has 3 nitrogen and oxygen atoms in total. The number of hydrogen-bond donors (Lipinski definition) is 0. The van der Waals surface area contributed by atoms with Gasteiger partial charge in [-0.2, -0.15) is 0 Å². The summed E-state index contributed by atoms with van der Waals surface area (Å²) in [5, 5.41) is 0. The van der Waals surface area contributed by atoms with Gasteiger partial charge in [-0.1, -0.05) is 0 Å². The Hall–Kier alpha value is -2.99. The van der Waals surface area contributed by atoms with Gasteiger partial charge >= 0.3 is 5.97 Å². The van der Waals surface area contributed by atoms with E-state index in [1.54, 1.807) is 0 Å². The fourth-order valence-corrected chi connectivity index (χ4v) is 0.320. The predicted octanol–water partition coefficient (Wildman–Crippen LogP) is 0.728. The van der Waals surface area contributed by atoms with Gasteiger partial charge in [0.15, 0.2) is 0 Å². The molecule has 0 unspecified atom stereocenters. The Morgan fingerprint density at radius 2 is 1.83 bits per heavy atom. The Balaban J connectivity index is -0.000000405. The fraction of sp³-hybridized carbons (Fsp3) is 0.286. The Bertz CT molecular complexity index is 126. The first-order valence-electron chi connectivity index (χ1n) is 2.84. The summed E-state index contributed by atoms with van der Waals surface area (Å²) in [6.07, 6.45) is 2.42. The molecule has 62 valence electrons. The van der Waals surface area contributed by atoms with Crippen LogP contribution in [0.25, 0.3) is 0 Å². The van der Waals surface area contributed by atoms with Crippen LogP contribution in [0.2, 0.25) is 0 Å². The van der Waals surface area contributed by atoms with Crippen molar-refractivity contribution < 1.29 is 14.3 Å². The van der Waals surface area contributed by atoms with Crippen molar-refractivity contribution in [2.75, 3.05) is 13.2 Å². The van der Waals surface area contributed by atoms with Crippen molar-refractivity contribution >= 4 is 5.97 Å². The van der Waals surface area contributed by atoms with Gasteiger partial charge in [-0.25, -0.2) is 4.79 Å². The Kier molecular flexibility index (Phi) is 14.5. The predicted molar refractivity (Wildman–Crippen MR) is 36.8 cm³/mol. The van der Waals surface area contributed by atoms with Crippen molar-refractivity contribution in [1.29, 1.82) is 0 Å². The molecular weight excluding hydrogens is 666 g/mol. The van der Waals surface area contributed by atoms with Crippen molar-refractivity contribution in [2.24, 2.45) is 0 Å². The first kappa shape index (κ1) is 16.0. The first-order chi connectivity index (χ1) is 4.81. The Morgan fingerprint density at radius 3 is 2.25 bits per heavy atom. The van der Waals surface area contributed by atoms with Crippen LogP contribution in [0.15, 0.2) is 12.3 Å². The monoisotopic (exact) mass is 676 g/mol. The van der Waals surface area contributed by atoms with E-state index in [-0.39, 0.29) is 6.61 Å². The normalized spacial score (nSPS) is 8.17. The minimum Gasteiger partial charge on any atom is -0.533 e. The zero-order valence-corrected chi connectivity index (χ0v) is 19.9. The molecule has 5 heteroatoms. The molecule has 0 N–H and O–H groups in total. The zero-order chi connectivity index (χ0) is 7.82. The SMILES string of the molecule is [CH2-]CO/C=C/C(=O)OC[CH2-].[Rf].[Rf]. The van der Waals surface area contributed by atoms with Crippen LogP contribution in [0.3, 0.4) is 0 Å². The summed E-state index contributed by atoms with van der Waals surface area (Å²) in [4.78, 5) is 10.5. The maximum atomic E-state index is 10.5. The van der Waals surface area contributed by atoms with Crippen molar-refractivity contribution in [2.45, 2.75) is 0 Å². The average Bonchev–Trinajstić information content (AvgIpc) is 1.89. The van der Waals surface area contributed by atoms with Gasteiger partial charge in [-0.3, -0.25) is 0 Å². The molecule has 0 bridgehead atoms. The number of carbonyl (C=O) groups is 1. The number of hydrogen-bond acceptors (Lipinski definition) is 3. The molecule has 0 rings (SSSR count). The third-order valence-corrected chi connectivity index (χ3v) is 0.663. The van der Waals surface area contributed by atoms with Gasteiger partial charge in [0.05, 0.1) is 12.3 Å². The summed E-state index contributed by atoms with van der Waals surface area (Å²) < 4.78 is 9.09. The van der Waals surface area contributed by atoms with E-state index in [4.69, 9.17) is 0 Å². The summed E-state index contributed by atoms with van der Waals surface area (Å²) in [5.41, 5.74) is 0. The molecule has 0 heterocycles. The fourth-order valence-electron chi connectivity index (χ4n) is 0.320. The standard InChI is InChI=1S/C7H10O3.2Rf/c1-3-9-6-5-7(8)10-4-2;;/h5-6H,1-4H2;;/q-2;;/b6-5+;;. The second kappa shape index (κ2) is 10.9. The number of esters is 1. The molecule has 0 atom stereocenters. The van der Waals surface area contributed by atoms with Gasteiger partial charge in [-0.05, 0) is 13.2 Å². The second-order valence-electron chi connectivity index (χ2n) is 1.34. The van der Waals surface area contributed by atoms with Crippen LogP contribution in [0.5, 0.6) is 0 Å². The van der Waals surface area contributed by atoms with Crippen LogP contribution in [0.1, 0.15) is 0 Å². The third-order valence-electron chi connectivity index (χ3n) is 0.663. The van der Waals surface area contributed by atoms with E-state index in [0.717, 1.165) is 0 Å². The summed E-state index contributed by atoms with van der Waals surface area (Å²) in [6, 6.07) is 0. The summed E-state index contributed by atoms with van der Waals surface area (Å²) in [6.45, 7) is 7.15. The minimum atomic E-state index is -0.455. The van der Waals surface area contributed by atoms with Crippen LogP contribution in [0, 0.1) is 13.8 Å². The second-order valence-corrected chi connectivity index (χ2v) is 1.34. The van der Waals surface area contributed by atoms with E-state index in [1.807, 2.05) is 0 Å². The average molecular weight is 676 g/mol. The summed E-state index contributed by atoms with van der Waals surface area (Å²) in [7, 11) is 0. The van der Waals surface area contributed by atoms with Crippen molar-refractivity contribution in [3.05, 3.63) is 26.2 Å². The van der Waals surface area contributed by atoms with E-state index < -0.39 is 5.97 Å². The quantitative estimate of drug-likeness (QED) is 0.191. The van der Waals surface area contributed by atoms with Crippen LogP contribution < -0.4 is 0 Å². The van der Waals surface area contributed by atoms with Crippen LogP contribution in [0.4, 0.5) is 0 Å². The molecule has 12 heavy (non-hydrogen) atoms. The van der Waals surface area contributed by atoms with E-state index in [1.165, 1.54) is 12.3 Å². The minimum absolute atomic E-state index is 0. The largest absolute Gasteiger partial charge is 0.533 e. The number of ether oxygens (including phenoxy) is 2. The summed E-state index contributed by atoms with van der Waals surface area (Å²) >= 11 is 0. The number of rotatable bonds is 4. The van der Waals surface area contributed by atoms with E-state index >= 15 is 0 Å². The molecule has 0 saturated carbocycles. The van der Waals surface area contributed by atoms with Crippen LogP contribution in [-0.2, 0) is 14.3 Å². The molecule has 0 fully saturated rings. The van der Waals surface area contributed by atoms with Crippen LogP contribution >= 0.6 is 0 Å². The van der Waals surface area contributed by atoms with Gasteiger partial charge in [0.1, 0.15) is 0 Å². The van der Waals surface area contributed by atoms with Gasteiger partial charge < -0.3 is 23.3 Å². The molecule has 0 aromatic rings. The molecule has 0 aliphatic rings. The van der Waals surface area contributed by atoms with Gasteiger partial charge in [0.2, 0.25) is 0 Å². The van der Waals surface area contributed by atoms with Gasteiger partial charge in [-0.15, -0.1) is 0 Å².